The van der Waals surface area contributed by atoms with E-state index in [2.05, 4.69) is 5.16 Å². The topological polar surface area (TPSA) is 64.7 Å². The molecule has 0 amide bonds. The summed E-state index contributed by atoms with van der Waals surface area (Å²) in [5.41, 5.74) is 6.74. The summed E-state index contributed by atoms with van der Waals surface area (Å²) < 4.78 is 0. The molecule has 0 aliphatic carbocycles. The normalized spacial score (nSPS) is 11.1. The first kappa shape index (κ1) is 13.1. The van der Waals surface area contributed by atoms with Crippen LogP contribution in [0, 0.1) is 0 Å². The van der Waals surface area contributed by atoms with E-state index >= 15 is 0 Å². The number of amidine groups is 1. The lowest BCUT2D eigenvalue weighted by molar-refractivity contribution is 0.0516. The van der Waals surface area contributed by atoms with Gasteiger partial charge in [0.15, 0.2) is 5.84 Å². The molecule has 0 atom stereocenters. The molecule has 0 saturated heterocycles. The van der Waals surface area contributed by atoms with Crippen LogP contribution in [0.5, 0.6) is 0 Å². The highest BCUT2D eigenvalue weighted by Crippen LogP contribution is 2.10. The van der Waals surface area contributed by atoms with Crippen molar-refractivity contribution in [3.05, 3.63) is 70.7 Å². The van der Waals surface area contributed by atoms with Crippen molar-refractivity contribution in [3.8, 4) is 0 Å². The predicted octanol–water partition coefficient (Wildman–Crippen LogP) is 2.82. The fourth-order valence-corrected chi connectivity index (χ4v) is 1.52. The van der Waals surface area contributed by atoms with Crippen molar-refractivity contribution in [2.75, 3.05) is 0 Å². The van der Waals surface area contributed by atoms with Crippen molar-refractivity contribution in [1.29, 1.82) is 0 Å². The molecule has 0 aliphatic rings. The van der Waals surface area contributed by atoms with Crippen molar-refractivity contribution in [2.45, 2.75) is 0 Å². The summed E-state index contributed by atoms with van der Waals surface area (Å²) in [6.45, 7) is 0. The number of carbonyl (C=O) groups is 1. The number of nitrogens with two attached hydrogens (primary N) is 1. The van der Waals surface area contributed by atoms with E-state index in [0.717, 1.165) is 0 Å². The molecule has 2 aromatic rings. The van der Waals surface area contributed by atoms with Crippen LogP contribution in [0.25, 0.3) is 0 Å². The number of hydrogen-bond donors (Lipinski definition) is 1. The molecule has 0 saturated carbocycles. The molecule has 2 rings (SSSR count). The molecule has 4 nitrogen and oxygen atoms in total. The number of nitrogens with zero attached hydrogens (tertiary/aromatic N) is 1. The number of halogens is 1. The largest absolute Gasteiger partial charge is 0.380 e. The summed E-state index contributed by atoms with van der Waals surface area (Å²) in [5, 5.41) is 4.15. The van der Waals surface area contributed by atoms with Crippen LogP contribution >= 0.6 is 11.6 Å². The standard InChI is InChI=1S/C14H11ClN2O2/c15-12-8-6-11(7-9-12)14(18)19-17-13(16)10-4-2-1-3-5-10/h1-9H,(H2,16,17). The zero-order valence-corrected chi connectivity index (χ0v) is 10.7. The second-order valence-electron chi connectivity index (χ2n) is 3.73. The van der Waals surface area contributed by atoms with E-state index in [1.807, 2.05) is 18.2 Å². The zero-order chi connectivity index (χ0) is 13.7. The van der Waals surface area contributed by atoms with E-state index in [1.165, 1.54) is 0 Å². The van der Waals surface area contributed by atoms with Crippen molar-refractivity contribution >= 4 is 23.4 Å². The molecule has 5 heteroatoms. The molecular weight excluding hydrogens is 264 g/mol. The second-order valence-corrected chi connectivity index (χ2v) is 4.16. The quantitative estimate of drug-likeness (QED) is 0.405. The number of oxime groups is 1. The van der Waals surface area contributed by atoms with Crippen LogP contribution in [0.3, 0.4) is 0 Å². The fourth-order valence-electron chi connectivity index (χ4n) is 1.39. The number of carbonyl (C=O) groups excluding carboxylic acids is 1. The maximum Gasteiger partial charge on any atom is 0.365 e. The van der Waals surface area contributed by atoms with Gasteiger partial charge in [-0.15, -0.1) is 0 Å². The van der Waals surface area contributed by atoms with Gasteiger partial charge in [0.1, 0.15) is 0 Å². The molecule has 0 bridgehead atoms. The number of benzene rings is 2. The average molecular weight is 275 g/mol. The van der Waals surface area contributed by atoms with E-state index in [0.29, 0.717) is 16.1 Å². The molecule has 19 heavy (non-hydrogen) atoms. The van der Waals surface area contributed by atoms with Crippen LogP contribution in [0.1, 0.15) is 15.9 Å². The lowest BCUT2D eigenvalue weighted by Crippen LogP contribution is -2.15. The predicted molar refractivity (Wildman–Crippen MR) is 74.0 cm³/mol. The van der Waals surface area contributed by atoms with Gasteiger partial charge in [0, 0.05) is 10.6 Å². The first-order valence-corrected chi connectivity index (χ1v) is 5.90. The van der Waals surface area contributed by atoms with Gasteiger partial charge in [0.25, 0.3) is 0 Å². The fraction of sp³-hybridized carbons (Fsp3) is 0. The molecule has 2 N–H and O–H groups in total. The third-order valence-electron chi connectivity index (χ3n) is 2.38. The zero-order valence-electron chi connectivity index (χ0n) is 9.92. The summed E-state index contributed by atoms with van der Waals surface area (Å²) in [5.74, 6) is -0.446. The molecule has 0 aromatic heterocycles. The van der Waals surface area contributed by atoms with Crippen molar-refractivity contribution < 1.29 is 9.63 Å². The van der Waals surface area contributed by atoms with Crippen LogP contribution in [0.2, 0.25) is 5.02 Å². The Bertz CT molecular complexity index is 595. The van der Waals surface area contributed by atoms with Gasteiger partial charge in [-0.3, -0.25) is 0 Å². The smallest absolute Gasteiger partial charge is 0.365 e. The van der Waals surface area contributed by atoms with Crippen molar-refractivity contribution in [3.63, 3.8) is 0 Å². The Morgan fingerprint density at radius 3 is 2.26 bits per heavy atom. The summed E-state index contributed by atoms with van der Waals surface area (Å²) in [4.78, 5) is 16.4. The van der Waals surface area contributed by atoms with Gasteiger partial charge in [0.2, 0.25) is 0 Å². The maximum atomic E-state index is 11.7. The van der Waals surface area contributed by atoms with Gasteiger partial charge in [-0.1, -0.05) is 47.1 Å². The van der Waals surface area contributed by atoms with Crippen LogP contribution in [-0.4, -0.2) is 11.8 Å². The summed E-state index contributed by atoms with van der Waals surface area (Å²) in [6, 6.07) is 15.3. The van der Waals surface area contributed by atoms with Gasteiger partial charge >= 0.3 is 5.97 Å². The number of rotatable bonds is 3. The Kier molecular flexibility index (Phi) is 4.15. The van der Waals surface area contributed by atoms with E-state index in [9.17, 15) is 4.79 Å². The first-order valence-electron chi connectivity index (χ1n) is 5.52. The second kappa shape index (κ2) is 6.02. The third kappa shape index (κ3) is 3.56. The minimum Gasteiger partial charge on any atom is -0.380 e. The van der Waals surface area contributed by atoms with Crippen molar-refractivity contribution in [1.82, 2.24) is 0 Å². The Morgan fingerprint density at radius 2 is 1.63 bits per heavy atom. The van der Waals surface area contributed by atoms with Gasteiger partial charge in [-0.2, -0.15) is 0 Å². The maximum absolute atomic E-state index is 11.7. The van der Waals surface area contributed by atoms with E-state index in [-0.39, 0.29) is 5.84 Å². The van der Waals surface area contributed by atoms with Gasteiger partial charge in [-0.05, 0) is 24.3 Å². The minimum atomic E-state index is -0.587. The van der Waals surface area contributed by atoms with Crippen LogP contribution in [0.15, 0.2) is 59.8 Å². The van der Waals surface area contributed by atoms with Crippen LogP contribution in [0.4, 0.5) is 0 Å². The lowest BCUT2D eigenvalue weighted by atomic mass is 10.2. The molecule has 2 aromatic carbocycles. The van der Waals surface area contributed by atoms with Crippen LogP contribution in [-0.2, 0) is 4.84 Å². The molecular formula is C14H11ClN2O2. The molecule has 0 heterocycles. The van der Waals surface area contributed by atoms with E-state index in [4.69, 9.17) is 22.2 Å². The molecule has 0 spiro atoms. The highest BCUT2D eigenvalue weighted by molar-refractivity contribution is 6.30. The minimum absolute atomic E-state index is 0.142. The number of hydrogen-bond acceptors (Lipinski definition) is 3. The van der Waals surface area contributed by atoms with Gasteiger partial charge < -0.3 is 10.6 Å². The highest BCUT2D eigenvalue weighted by Gasteiger charge is 2.07. The average Bonchev–Trinajstić information content (AvgIpc) is 2.46. The highest BCUT2D eigenvalue weighted by atomic mass is 35.5. The SMILES string of the molecule is N/C(=N/OC(=O)c1ccc(Cl)cc1)c1ccccc1. The summed E-state index contributed by atoms with van der Waals surface area (Å²) in [6.07, 6.45) is 0. The summed E-state index contributed by atoms with van der Waals surface area (Å²) in [7, 11) is 0. The van der Waals surface area contributed by atoms with E-state index in [1.54, 1.807) is 36.4 Å². The molecule has 0 aliphatic heterocycles. The summed E-state index contributed by atoms with van der Waals surface area (Å²) >= 11 is 5.72. The van der Waals surface area contributed by atoms with E-state index < -0.39 is 5.97 Å². The Morgan fingerprint density at radius 1 is 1.00 bits per heavy atom. The lowest BCUT2D eigenvalue weighted by Gasteiger charge is -2.01. The molecule has 0 radical (unpaired) electrons. The Labute approximate surface area is 115 Å². The molecule has 0 fully saturated rings. The van der Waals surface area contributed by atoms with Crippen LogP contribution < -0.4 is 5.73 Å². The first-order chi connectivity index (χ1) is 9.16. The molecule has 0 unspecified atom stereocenters. The monoisotopic (exact) mass is 274 g/mol. The van der Waals surface area contributed by atoms with Gasteiger partial charge in [0.05, 0.1) is 5.56 Å². The molecule has 96 valence electrons. The van der Waals surface area contributed by atoms with Crippen molar-refractivity contribution in [2.24, 2.45) is 10.9 Å². The van der Waals surface area contributed by atoms with Gasteiger partial charge in [-0.25, -0.2) is 4.79 Å². The Hall–Kier alpha value is -2.33. The Balaban J connectivity index is 2.06. The third-order valence-corrected chi connectivity index (χ3v) is 2.63.